The van der Waals surface area contributed by atoms with Gasteiger partial charge < -0.3 is 9.67 Å². The van der Waals surface area contributed by atoms with Gasteiger partial charge in [-0.3, -0.25) is 4.79 Å². The van der Waals surface area contributed by atoms with Crippen molar-refractivity contribution in [2.24, 2.45) is 0 Å². The lowest BCUT2D eigenvalue weighted by Crippen LogP contribution is -2.08. The molecule has 0 fully saturated rings. The quantitative estimate of drug-likeness (QED) is 0.748. The van der Waals surface area contributed by atoms with E-state index in [1.54, 1.807) is 0 Å². The number of hydrogen-bond acceptors (Lipinski definition) is 2. The van der Waals surface area contributed by atoms with Gasteiger partial charge in [0.15, 0.2) is 0 Å². The van der Waals surface area contributed by atoms with Crippen molar-refractivity contribution in [3.8, 4) is 0 Å². The van der Waals surface area contributed by atoms with Crippen LogP contribution in [-0.2, 0) is 17.8 Å². The van der Waals surface area contributed by atoms with Crippen molar-refractivity contribution in [3.63, 3.8) is 0 Å². The second-order valence-corrected chi connectivity index (χ2v) is 5.12. The second kappa shape index (κ2) is 7.08. The highest BCUT2D eigenvalue weighted by Gasteiger charge is 2.11. The van der Waals surface area contributed by atoms with Crippen molar-refractivity contribution in [3.05, 3.63) is 30.1 Å². The number of imidazole rings is 1. The first kappa shape index (κ1) is 14.6. The minimum Gasteiger partial charge on any atom is -0.481 e. The van der Waals surface area contributed by atoms with Crippen LogP contribution in [0.4, 0.5) is 0 Å². The minimum atomic E-state index is -0.764. The molecule has 0 unspecified atom stereocenters. The molecule has 0 saturated heterocycles. The van der Waals surface area contributed by atoms with E-state index in [0.29, 0.717) is 6.54 Å². The molecule has 0 amide bonds. The molecule has 20 heavy (non-hydrogen) atoms. The first-order chi connectivity index (χ1) is 9.72. The molecule has 0 aliphatic heterocycles. The summed E-state index contributed by atoms with van der Waals surface area (Å²) in [4.78, 5) is 15.5. The molecular formula is C16H22N2O2. The van der Waals surface area contributed by atoms with Crippen LogP contribution in [0.15, 0.2) is 24.3 Å². The lowest BCUT2D eigenvalue weighted by Gasteiger charge is -2.07. The standard InChI is InChI=1S/C16H22N2O2/c1-2-3-4-5-10-15-17-13-8-6-7-9-14(13)18(15)12-11-16(19)20/h6-9H,2-5,10-12H2,1H3,(H,19,20). The number of hydrogen-bond donors (Lipinski definition) is 1. The zero-order chi connectivity index (χ0) is 14.4. The van der Waals surface area contributed by atoms with Gasteiger partial charge in [0.2, 0.25) is 0 Å². The number of aliphatic carboxylic acids is 1. The number of carbonyl (C=O) groups is 1. The van der Waals surface area contributed by atoms with Gasteiger partial charge >= 0.3 is 5.97 Å². The third kappa shape index (κ3) is 3.59. The van der Waals surface area contributed by atoms with Crippen LogP contribution in [0.2, 0.25) is 0 Å². The van der Waals surface area contributed by atoms with Gasteiger partial charge in [-0.1, -0.05) is 38.3 Å². The van der Waals surface area contributed by atoms with E-state index in [1.165, 1.54) is 19.3 Å². The Morgan fingerprint density at radius 1 is 1.25 bits per heavy atom. The van der Waals surface area contributed by atoms with Crippen LogP contribution in [0, 0.1) is 0 Å². The van der Waals surface area contributed by atoms with E-state index in [9.17, 15) is 4.79 Å². The number of rotatable bonds is 8. The Bertz CT molecular complexity index is 575. The molecule has 0 aliphatic carbocycles. The molecule has 1 aromatic heterocycles. The van der Waals surface area contributed by atoms with Gasteiger partial charge in [-0.2, -0.15) is 0 Å². The van der Waals surface area contributed by atoms with Gasteiger partial charge in [0, 0.05) is 13.0 Å². The van der Waals surface area contributed by atoms with Crippen LogP contribution in [0.3, 0.4) is 0 Å². The highest BCUT2D eigenvalue weighted by molar-refractivity contribution is 5.76. The summed E-state index contributed by atoms with van der Waals surface area (Å²) in [5.41, 5.74) is 2.00. The number of aromatic nitrogens is 2. The SMILES string of the molecule is CCCCCCc1nc2ccccc2n1CCC(=O)O. The molecule has 0 spiro atoms. The Morgan fingerprint density at radius 3 is 2.80 bits per heavy atom. The fourth-order valence-corrected chi connectivity index (χ4v) is 2.48. The largest absolute Gasteiger partial charge is 0.481 e. The average Bonchev–Trinajstić information content (AvgIpc) is 2.79. The summed E-state index contributed by atoms with van der Waals surface area (Å²) < 4.78 is 2.06. The van der Waals surface area contributed by atoms with Gasteiger partial charge in [0.25, 0.3) is 0 Å². The molecule has 2 aromatic rings. The predicted molar refractivity (Wildman–Crippen MR) is 79.8 cm³/mol. The molecule has 2 rings (SSSR count). The van der Waals surface area contributed by atoms with E-state index in [1.807, 2.05) is 24.3 Å². The van der Waals surface area contributed by atoms with E-state index >= 15 is 0 Å². The van der Waals surface area contributed by atoms with E-state index in [4.69, 9.17) is 5.11 Å². The van der Waals surface area contributed by atoms with Gasteiger partial charge in [-0.05, 0) is 18.6 Å². The van der Waals surface area contributed by atoms with Gasteiger partial charge in [-0.15, -0.1) is 0 Å². The Hall–Kier alpha value is -1.84. The van der Waals surface area contributed by atoms with Crippen molar-refractivity contribution in [2.45, 2.75) is 52.0 Å². The minimum absolute atomic E-state index is 0.141. The molecule has 1 aromatic carbocycles. The molecule has 4 nitrogen and oxygen atoms in total. The van der Waals surface area contributed by atoms with Crippen LogP contribution in [-0.4, -0.2) is 20.6 Å². The number of aryl methyl sites for hydroxylation is 2. The zero-order valence-corrected chi connectivity index (χ0v) is 12.0. The van der Waals surface area contributed by atoms with E-state index in [0.717, 1.165) is 29.7 Å². The molecule has 4 heteroatoms. The van der Waals surface area contributed by atoms with E-state index < -0.39 is 5.97 Å². The molecule has 0 aliphatic rings. The van der Waals surface area contributed by atoms with E-state index in [-0.39, 0.29) is 6.42 Å². The topological polar surface area (TPSA) is 55.1 Å². The van der Waals surface area contributed by atoms with Crippen LogP contribution >= 0.6 is 0 Å². The smallest absolute Gasteiger partial charge is 0.305 e. The fraction of sp³-hybridized carbons (Fsp3) is 0.500. The second-order valence-electron chi connectivity index (χ2n) is 5.12. The number of carboxylic acid groups (broad SMARTS) is 1. The Labute approximate surface area is 119 Å². The number of benzene rings is 1. The molecule has 1 N–H and O–H groups in total. The summed E-state index contributed by atoms with van der Waals surface area (Å²) >= 11 is 0. The van der Waals surface area contributed by atoms with Crippen LogP contribution in [0.5, 0.6) is 0 Å². The summed E-state index contributed by atoms with van der Waals surface area (Å²) in [6, 6.07) is 7.95. The van der Waals surface area contributed by atoms with Crippen molar-refractivity contribution < 1.29 is 9.90 Å². The van der Waals surface area contributed by atoms with Crippen LogP contribution in [0.25, 0.3) is 11.0 Å². The predicted octanol–water partition coefficient (Wildman–Crippen LogP) is 3.63. The first-order valence-electron chi connectivity index (χ1n) is 7.38. The lowest BCUT2D eigenvalue weighted by atomic mass is 10.1. The average molecular weight is 274 g/mol. The van der Waals surface area contributed by atoms with Crippen LogP contribution in [0.1, 0.15) is 44.9 Å². The molecular weight excluding hydrogens is 252 g/mol. The molecule has 0 radical (unpaired) electrons. The fourth-order valence-electron chi connectivity index (χ4n) is 2.48. The Balaban J connectivity index is 2.17. The third-order valence-corrected chi connectivity index (χ3v) is 3.54. The number of para-hydroxylation sites is 2. The molecule has 0 saturated carbocycles. The summed E-state index contributed by atoms with van der Waals surface area (Å²) in [6.07, 6.45) is 5.85. The molecule has 0 bridgehead atoms. The first-order valence-corrected chi connectivity index (χ1v) is 7.38. The molecule has 0 atom stereocenters. The number of nitrogens with zero attached hydrogens (tertiary/aromatic N) is 2. The van der Waals surface area contributed by atoms with Gasteiger partial charge in [0.05, 0.1) is 17.5 Å². The zero-order valence-electron chi connectivity index (χ0n) is 12.0. The lowest BCUT2D eigenvalue weighted by molar-refractivity contribution is -0.137. The van der Waals surface area contributed by atoms with Crippen molar-refractivity contribution >= 4 is 17.0 Å². The Kier molecular flexibility index (Phi) is 5.16. The maximum absolute atomic E-state index is 10.8. The summed E-state index contributed by atoms with van der Waals surface area (Å²) in [7, 11) is 0. The van der Waals surface area contributed by atoms with Crippen molar-refractivity contribution in [1.29, 1.82) is 0 Å². The maximum atomic E-state index is 10.8. The highest BCUT2D eigenvalue weighted by Crippen LogP contribution is 2.18. The van der Waals surface area contributed by atoms with E-state index in [2.05, 4.69) is 16.5 Å². The van der Waals surface area contributed by atoms with Crippen LogP contribution < -0.4 is 0 Å². The van der Waals surface area contributed by atoms with Crippen molar-refractivity contribution in [2.75, 3.05) is 0 Å². The van der Waals surface area contributed by atoms with Gasteiger partial charge in [-0.25, -0.2) is 4.98 Å². The monoisotopic (exact) mass is 274 g/mol. The third-order valence-electron chi connectivity index (χ3n) is 3.54. The van der Waals surface area contributed by atoms with Gasteiger partial charge in [0.1, 0.15) is 5.82 Å². The molecule has 1 heterocycles. The number of carboxylic acids is 1. The Morgan fingerprint density at radius 2 is 2.05 bits per heavy atom. The summed E-state index contributed by atoms with van der Waals surface area (Å²) in [5.74, 6) is 0.253. The molecule has 108 valence electrons. The maximum Gasteiger partial charge on any atom is 0.305 e. The summed E-state index contributed by atoms with van der Waals surface area (Å²) in [6.45, 7) is 2.70. The highest BCUT2D eigenvalue weighted by atomic mass is 16.4. The normalized spacial score (nSPS) is 11.1. The van der Waals surface area contributed by atoms with Crippen molar-refractivity contribution in [1.82, 2.24) is 9.55 Å². The number of unbranched alkanes of at least 4 members (excludes halogenated alkanes) is 3. The summed E-state index contributed by atoms with van der Waals surface area (Å²) in [5, 5.41) is 8.89. The number of fused-ring (bicyclic) bond motifs is 1.